The number of thiophene rings is 1. The van der Waals surface area contributed by atoms with Gasteiger partial charge in [-0.2, -0.15) is 0 Å². The Bertz CT molecular complexity index is 652. The number of piperazine rings is 1. The van der Waals surface area contributed by atoms with Crippen LogP contribution in [0.3, 0.4) is 0 Å². The first-order valence-electron chi connectivity index (χ1n) is 7.79. The maximum absolute atomic E-state index is 4.42. The molecule has 6 nitrogen and oxygen atoms in total. The van der Waals surface area contributed by atoms with Crippen molar-refractivity contribution in [1.29, 1.82) is 0 Å². The molecule has 1 N–H and O–H groups in total. The summed E-state index contributed by atoms with van der Waals surface area (Å²) in [6.45, 7) is 6.56. The fourth-order valence-corrected chi connectivity index (χ4v) is 3.48. The Kier molecular flexibility index (Phi) is 7.22. The van der Waals surface area contributed by atoms with Crippen molar-refractivity contribution in [2.75, 3.05) is 38.1 Å². The Hall–Kier alpha value is -1.42. The van der Waals surface area contributed by atoms with E-state index in [1.54, 1.807) is 17.5 Å². The number of halogens is 1. The summed E-state index contributed by atoms with van der Waals surface area (Å²) in [4.78, 5) is 17.7. The molecule has 0 aliphatic carbocycles. The Labute approximate surface area is 164 Å². The molecule has 0 amide bonds. The summed E-state index contributed by atoms with van der Waals surface area (Å²) in [6, 6.07) is 6.23. The fourth-order valence-electron chi connectivity index (χ4n) is 2.69. The van der Waals surface area contributed by atoms with Crippen LogP contribution in [0.15, 0.2) is 34.8 Å². The molecule has 0 saturated carbocycles. The topological polar surface area (TPSA) is 56.7 Å². The average molecular weight is 458 g/mol. The summed E-state index contributed by atoms with van der Waals surface area (Å²) in [7, 11) is 1.83. The number of hydrogen-bond acceptors (Lipinski definition) is 5. The van der Waals surface area contributed by atoms with Gasteiger partial charge in [-0.05, 0) is 30.5 Å². The number of aryl methyl sites for hydroxylation is 1. The van der Waals surface area contributed by atoms with Crippen molar-refractivity contribution in [3.05, 3.63) is 41.3 Å². The lowest BCUT2D eigenvalue weighted by Gasteiger charge is -2.37. The number of nitrogens with zero attached hydrogens (tertiary/aromatic N) is 5. The van der Waals surface area contributed by atoms with Crippen LogP contribution in [-0.2, 0) is 6.54 Å². The van der Waals surface area contributed by atoms with Crippen molar-refractivity contribution in [3.8, 4) is 0 Å². The minimum absolute atomic E-state index is 0. The highest BCUT2D eigenvalue weighted by Crippen LogP contribution is 2.22. The third-order valence-corrected chi connectivity index (χ3v) is 4.80. The molecule has 0 spiro atoms. The third kappa shape index (κ3) is 4.79. The van der Waals surface area contributed by atoms with E-state index in [0.29, 0.717) is 6.54 Å². The first kappa shape index (κ1) is 18.9. The average Bonchev–Trinajstić information content (AvgIpc) is 3.11. The molecule has 1 aliphatic rings. The van der Waals surface area contributed by atoms with E-state index in [2.05, 4.69) is 47.6 Å². The monoisotopic (exact) mass is 458 g/mol. The lowest BCUT2D eigenvalue weighted by atomic mass is 10.3. The predicted molar refractivity (Wildman–Crippen MR) is 110 cm³/mol. The summed E-state index contributed by atoms with van der Waals surface area (Å²) in [5.41, 5.74) is 0.982. The van der Waals surface area contributed by atoms with Crippen LogP contribution in [-0.4, -0.2) is 54.1 Å². The molecule has 130 valence electrons. The van der Waals surface area contributed by atoms with Gasteiger partial charge in [0.2, 0.25) is 0 Å². The molecule has 3 heterocycles. The first-order chi connectivity index (χ1) is 11.3. The zero-order valence-electron chi connectivity index (χ0n) is 14.0. The summed E-state index contributed by atoms with van der Waals surface area (Å²) in [6.07, 6.45) is 1.79. The smallest absolute Gasteiger partial charge is 0.194 e. The molecule has 0 bridgehead atoms. The molecule has 24 heavy (non-hydrogen) atoms. The molecular formula is C16H23IN6S. The van der Waals surface area contributed by atoms with Gasteiger partial charge in [-0.25, -0.2) is 9.97 Å². The molecular weight excluding hydrogens is 435 g/mol. The van der Waals surface area contributed by atoms with E-state index in [0.717, 1.165) is 43.7 Å². The summed E-state index contributed by atoms with van der Waals surface area (Å²) in [5, 5.41) is 6.88. The van der Waals surface area contributed by atoms with Crippen LogP contribution in [0.1, 0.15) is 11.5 Å². The normalized spacial score (nSPS) is 15.2. The van der Waals surface area contributed by atoms with Gasteiger partial charge in [0.15, 0.2) is 5.96 Å². The van der Waals surface area contributed by atoms with Crippen molar-refractivity contribution in [3.63, 3.8) is 0 Å². The van der Waals surface area contributed by atoms with Crippen molar-refractivity contribution in [2.45, 2.75) is 13.5 Å². The molecule has 3 rings (SSSR count). The molecule has 2 aromatic heterocycles. The van der Waals surface area contributed by atoms with E-state index < -0.39 is 0 Å². The highest BCUT2D eigenvalue weighted by Gasteiger charge is 2.20. The molecule has 0 radical (unpaired) electrons. The van der Waals surface area contributed by atoms with Gasteiger partial charge in [0.1, 0.15) is 5.82 Å². The second-order valence-corrected chi connectivity index (χ2v) is 6.35. The van der Waals surface area contributed by atoms with Gasteiger partial charge in [-0.3, -0.25) is 4.99 Å². The van der Waals surface area contributed by atoms with E-state index in [4.69, 9.17) is 0 Å². The minimum atomic E-state index is 0. The lowest BCUT2D eigenvalue weighted by Crippen LogP contribution is -2.52. The van der Waals surface area contributed by atoms with Gasteiger partial charge in [-0.15, -0.1) is 35.3 Å². The third-order valence-electron chi connectivity index (χ3n) is 3.87. The molecule has 0 unspecified atom stereocenters. The maximum Gasteiger partial charge on any atom is 0.194 e. The van der Waals surface area contributed by atoms with Crippen molar-refractivity contribution in [2.24, 2.45) is 4.99 Å². The van der Waals surface area contributed by atoms with Gasteiger partial charge in [0.05, 0.1) is 17.2 Å². The van der Waals surface area contributed by atoms with Crippen LogP contribution in [0.25, 0.3) is 0 Å². The van der Waals surface area contributed by atoms with E-state index in [1.165, 1.54) is 5.00 Å². The quantitative estimate of drug-likeness (QED) is 0.435. The van der Waals surface area contributed by atoms with Crippen LogP contribution in [0.2, 0.25) is 0 Å². The first-order valence-corrected chi connectivity index (χ1v) is 8.67. The fraction of sp³-hybridized carbons (Fsp3) is 0.438. The van der Waals surface area contributed by atoms with Gasteiger partial charge in [0.25, 0.3) is 0 Å². The van der Waals surface area contributed by atoms with Gasteiger partial charge >= 0.3 is 0 Å². The van der Waals surface area contributed by atoms with Gasteiger partial charge in [0, 0.05) is 39.4 Å². The SMILES string of the molecule is CN=C(NCc1ccnc(C)n1)N1CCN(c2cccs2)CC1.I. The van der Waals surface area contributed by atoms with E-state index >= 15 is 0 Å². The number of anilines is 1. The molecule has 8 heteroatoms. The molecule has 2 aromatic rings. The predicted octanol–water partition coefficient (Wildman–Crippen LogP) is 2.36. The molecule has 0 aromatic carbocycles. The zero-order chi connectivity index (χ0) is 16.1. The Morgan fingerprint density at radius 1 is 1.29 bits per heavy atom. The van der Waals surface area contributed by atoms with E-state index in [9.17, 15) is 0 Å². The van der Waals surface area contributed by atoms with Crippen LogP contribution in [0, 0.1) is 6.92 Å². The van der Waals surface area contributed by atoms with E-state index in [-0.39, 0.29) is 24.0 Å². The van der Waals surface area contributed by atoms with Crippen molar-refractivity contribution in [1.82, 2.24) is 20.2 Å². The standard InChI is InChI=1S/C16H22N6S.HI/c1-13-18-6-5-14(20-13)12-19-16(17-2)22-9-7-21(8-10-22)15-4-3-11-23-15;/h3-6,11H,7-10,12H2,1-2H3,(H,17,19);1H. The Morgan fingerprint density at radius 3 is 2.71 bits per heavy atom. The van der Waals surface area contributed by atoms with Gasteiger partial charge < -0.3 is 15.1 Å². The number of aliphatic imine (C=N–C) groups is 1. The molecule has 0 atom stereocenters. The van der Waals surface area contributed by atoms with Crippen molar-refractivity contribution >= 4 is 46.3 Å². The van der Waals surface area contributed by atoms with Crippen LogP contribution < -0.4 is 10.2 Å². The number of aromatic nitrogens is 2. The van der Waals surface area contributed by atoms with Crippen molar-refractivity contribution < 1.29 is 0 Å². The highest BCUT2D eigenvalue weighted by atomic mass is 127. The number of hydrogen-bond donors (Lipinski definition) is 1. The Morgan fingerprint density at radius 2 is 2.08 bits per heavy atom. The molecule has 1 fully saturated rings. The number of nitrogens with one attached hydrogen (secondary N) is 1. The molecule has 1 aliphatic heterocycles. The van der Waals surface area contributed by atoms with E-state index in [1.807, 2.05) is 20.0 Å². The minimum Gasteiger partial charge on any atom is -0.360 e. The number of guanidine groups is 1. The largest absolute Gasteiger partial charge is 0.360 e. The Balaban J connectivity index is 0.00000208. The maximum atomic E-state index is 4.42. The zero-order valence-corrected chi connectivity index (χ0v) is 17.1. The van der Waals surface area contributed by atoms with Crippen LogP contribution in [0.5, 0.6) is 0 Å². The summed E-state index contributed by atoms with van der Waals surface area (Å²) in [5.74, 6) is 1.73. The second-order valence-electron chi connectivity index (χ2n) is 5.42. The lowest BCUT2D eigenvalue weighted by molar-refractivity contribution is 0.373. The second kappa shape index (κ2) is 9.16. The van der Waals surface area contributed by atoms with Gasteiger partial charge in [-0.1, -0.05) is 0 Å². The van der Waals surface area contributed by atoms with Crippen LogP contribution >= 0.6 is 35.3 Å². The summed E-state index contributed by atoms with van der Waals surface area (Å²) < 4.78 is 0. The summed E-state index contributed by atoms with van der Waals surface area (Å²) >= 11 is 1.80. The molecule has 1 saturated heterocycles. The number of rotatable bonds is 3. The van der Waals surface area contributed by atoms with Crippen LogP contribution in [0.4, 0.5) is 5.00 Å². The highest BCUT2D eigenvalue weighted by molar-refractivity contribution is 14.0.